The van der Waals surface area contributed by atoms with Gasteiger partial charge in [-0.2, -0.15) is 0 Å². The number of aliphatic hydroxyl groups excluding tert-OH is 1. The van der Waals surface area contributed by atoms with Crippen LogP contribution in [0.1, 0.15) is 30.1 Å². The zero-order valence-corrected chi connectivity index (χ0v) is 26.2. The summed E-state index contributed by atoms with van der Waals surface area (Å²) in [6.45, 7) is 3.45. The van der Waals surface area contributed by atoms with Gasteiger partial charge in [0.2, 0.25) is 0 Å². The van der Waals surface area contributed by atoms with Crippen molar-refractivity contribution in [3.05, 3.63) is 64.3 Å². The third-order valence-electron chi connectivity index (χ3n) is 6.37. The van der Waals surface area contributed by atoms with Gasteiger partial charge in [0, 0.05) is 35.8 Å². The molecule has 0 bridgehead atoms. The van der Waals surface area contributed by atoms with Crippen LogP contribution in [0.4, 0.5) is 4.79 Å². The number of hydrogen-bond acceptors (Lipinski definition) is 11. The molecule has 14 nitrogen and oxygen atoms in total. The second kappa shape index (κ2) is 14.5. The van der Waals surface area contributed by atoms with Crippen molar-refractivity contribution in [1.29, 1.82) is 0 Å². The molecule has 1 aliphatic rings. The molecule has 0 radical (unpaired) electrons. The Bertz CT molecular complexity index is 1520. The van der Waals surface area contributed by atoms with Crippen LogP contribution in [0, 0.1) is 7.14 Å². The van der Waals surface area contributed by atoms with Crippen LogP contribution in [0.5, 0.6) is 0 Å². The van der Waals surface area contributed by atoms with Crippen LogP contribution >= 0.6 is 45.2 Å². The number of amides is 1. The lowest BCUT2D eigenvalue weighted by molar-refractivity contribution is -0.0579. The van der Waals surface area contributed by atoms with E-state index < -0.39 is 42.4 Å². The van der Waals surface area contributed by atoms with Gasteiger partial charge < -0.3 is 24.6 Å². The summed E-state index contributed by atoms with van der Waals surface area (Å²) in [5.74, 6) is -0.330. The molecule has 0 aliphatic carbocycles. The molecule has 220 valence electrons. The molecule has 0 unspecified atom stereocenters. The Labute approximate surface area is 261 Å². The number of aromatic nitrogens is 4. The Hall–Kier alpha value is -2.68. The second-order valence-electron chi connectivity index (χ2n) is 9.02. The highest BCUT2D eigenvalue weighted by Gasteiger charge is 2.39. The highest BCUT2D eigenvalue weighted by atomic mass is 127. The lowest BCUT2D eigenvalue weighted by atomic mass is 10.2. The number of carbonyl (C=O) groups is 2. The highest BCUT2D eigenvalue weighted by Crippen LogP contribution is 2.30. The van der Waals surface area contributed by atoms with Crippen LogP contribution in [-0.4, -0.2) is 93.2 Å². The molecule has 0 spiro atoms. The molecule has 2 aromatic heterocycles. The van der Waals surface area contributed by atoms with E-state index in [1.165, 1.54) is 17.0 Å². The number of hydrogen-bond donors (Lipinski definition) is 3. The molecule has 1 aliphatic heterocycles. The number of benzene rings is 1. The van der Waals surface area contributed by atoms with E-state index in [-0.39, 0.29) is 28.2 Å². The average Bonchev–Trinajstić information content (AvgIpc) is 3.35. The molecule has 3 aromatic rings. The first kappa shape index (κ1) is 31.3. The summed E-state index contributed by atoms with van der Waals surface area (Å²) in [5.41, 5.74) is 0.402. The zero-order valence-electron chi connectivity index (χ0n) is 21.9. The maximum atomic E-state index is 12.5. The summed E-state index contributed by atoms with van der Waals surface area (Å²) in [5, 5.41) is 12.5. The zero-order chi connectivity index (χ0) is 29.5. The van der Waals surface area contributed by atoms with Crippen molar-refractivity contribution < 1.29 is 28.9 Å². The first-order valence-electron chi connectivity index (χ1n) is 12.7. The number of carbonyl (C=O) groups excluding carboxylic acids is 2. The molecule has 41 heavy (non-hydrogen) atoms. The number of nitrogens with zero attached hydrogens (tertiary/aromatic N) is 4. The molecule has 3 heterocycles. The average molecular weight is 794 g/mol. The van der Waals surface area contributed by atoms with Gasteiger partial charge in [-0.1, -0.05) is 6.92 Å². The number of aliphatic hydroxyl groups is 1. The maximum absolute atomic E-state index is 12.5. The molecule has 3 N–H and O–H groups in total. The van der Waals surface area contributed by atoms with Crippen molar-refractivity contribution in [2.24, 2.45) is 0 Å². The van der Waals surface area contributed by atoms with Gasteiger partial charge in [-0.15, -0.1) is 0 Å². The molecule has 16 heteroatoms. The summed E-state index contributed by atoms with van der Waals surface area (Å²) in [4.78, 5) is 61.5. The third-order valence-corrected chi connectivity index (χ3v) is 7.81. The standard InChI is InChI=1S/C25H28I2N6O8/c1-2-32(6-5-28-23(36)18-11-29-17-9-14(26)3-4-16(17)30-18)7-8-39-25(38)41-19-10-21(40-20(19)13-34)33-12-15(27)22(35)31-24(33)37/h3-4,9,11-12,19-21,34H,2,5-8,10,13H2,1H3,(H,28,36)(H,31,35,37)/t19-,20+,21+/m0/s1. The van der Waals surface area contributed by atoms with Crippen LogP contribution in [0.3, 0.4) is 0 Å². The van der Waals surface area contributed by atoms with E-state index in [0.29, 0.717) is 31.7 Å². The van der Waals surface area contributed by atoms with Gasteiger partial charge in [-0.3, -0.25) is 29.0 Å². The number of nitrogens with one attached hydrogen (secondary N) is 2. The van der Waals surface area contributed by atoms with Crippen molar-refractivity contribution in [2.75, 3.05) is 39.4 Å². The van der Waals surface area contributed by atoms with Crippen molar-refractivity contribution in [3.8, 4) is 0 Å². The SMILES string of the molecule is CCN(CCNC(=O)c1cnc2cc(I)ccc2n1)CCOC(=O)O[C@H]1C[C@H](n2cc(I)c(=O)[nH]c2=O)O[C@@H]1CO. The monoisotopic (exact) mass is 794 g/mol. The topological polar surface area (TPSA) is 178 Å². The van der Waals surface area contributed by atoms with Gasteiger partial charge in [0.05, 0.1) is 27.4 Å². The van der Waals surface area contributed by atoms with E-state index in [2.05, 4.69) is 42.9 Å². The summed E-state index contributed by atoms with van der Waals surface area (Å²) in [6.07, 6.45) is -0.607. The quantitative estimate of drug-likeness (QED) is 0.188. The van der Waals surface area contributed by atoms with E-state index in [9.17, 15) is 24.3 Å². The molecule has 1 aromatic carbocycles. The summed E-state index contributed by atoms with van der Waals surface area (Å²) in [7, 11) is 0. The van der Waals surface area contributed by atoms with E-state index in [0.717, 1.165) is 9.09 Å². The van der Waals surface area contributed by atoms with Gasteiger partial charge in [-0.05, 0) is 69.9 Å². The van der Waals surface area contributed by atoms with Crippen molar-refractivity contribution >= 4 is 68.3 Å². The minimum Gasteiger partial charge on any atom is -0.433 e. The first-order valence-corrected chi connectivity index (χ1v) is 14.9. The molecule has 1 saturated heterocycles. The summed E-state index contributed by atoms with van der Waals surface area (Å²) < 4.78 is 18.7. The molecule has 1 fully saturated rings. The van der Waals surface area contributed by atoms with Crippen LogP contribution in [0.2, 0.25) is 0 Å². The summed E-state index contributed by atoms with van der Waals surface area (Å²) >= 11 is 3.98. The molecule has 1 amide bonds. The van der Waals surface area contributed by atoms with Gasteiger partial charge >= 0.3 is 11.8 Å². The molecule has 3 atom stereocenters. The highest BCUT2D eigenvalue weighted by molar-refractivity contribution is 14.1. The lowest BCUT2D eigenvalue weighted by Gasteiger charge is -2.21. The van der Waals surface area contributed by atoms with Crippen molar-refractivity contribution in [2.45, 2.75) is 31.8 Å². The minimum atomic E-state index is -0.935. The fourth-order valence-electron chi connectivity index (χ4n) is 4.19. The second-order valence-corrected chi connectivity index (χ2v) is 11.4. The number of aromatic amines is 1. The van der Waals surface area contributed by atoms with Crippen molar-refractivity contribution in [1.82, 2.24) is 29.7 Å². The number of likely N-dealkylation sites (N-methyl/N-ethyl adjacent to an activating group) is 1. The van der Waals surface area contributed by atoms with Gasteiger partial charge in [0.15, 0.2) is 0 Å². The lowest BCUT2D eigenvalue weighted by Crippen LogP contribution is -2.37. The van der Waals surface area contributed by atoms with E-state index in [1.54, 1.807) is 22.6 Å². The maximum Gasteiger partial charge on any atom is 0.508 e. The minimum absolute atomic E-state index is 0.0357. The largest absolute Gasteiger partial charge is 0.508 e. The van der Waals surface area contributed by atoms with Gasteiger partial charge in [0.25, 0.3) is 11.5 Å². The van der Waals surface area contributed by atoms with Crippen LogP contribution in [0.15, 0.2) is 40.2 Å². The van der Waals surface area contributed by atoms with E-state index in [4.69, 9.17) is 14.2 Å². The first-order chi connectivity index (χ1) is 19.7. The Morgan fingerprint density at radius 1 is 1.27 bits per heavy atom. The van der Waals surface area contributed by atoms with Crippen LogP contribution in [0.25, 0.3) is 11.0 Å². The Morgan fingerprint density at radius 2 is 2.07 bits per heavy atom. The summed E-state index contributed by atoms with van der Waals surface area (Å²) in [6, 6.07) is 5.61. The number of H-pyrrole nitrogens is 1. The molecule has 4 rings (SSSR count). The predicted molar refractivity (Wildman–Crippen MR) is 163 cm³/mol. The van der Waals surface area contributed by atoms with Crippen LogP contribution in [-0.2, 0) is 14.2 Å². The normalized spacial score (nSPS) is 18.5. The van der Waals surface area contributed by atoms with E-state index >= 15 is 0 Å². The Balaban J connectivity index is 1.20. The molecular formula is C25H28I2N6O8. The Kier molecular flexibility index (Phi) is 11.0. The number of halogens is 2. The van der Waals surface area contributed by atoms with Gasteiger partial charge in [-0.25, -0.2) is 14.6 Å². The smallest absolute Gasteiger partial charge is 0.433 e. The number of fused-ring (bicyclic) bond motifs is 1. The number of ether oxygens (including phenoxy) is 3. The number of rotatable bonds is 11. The third kappa shape index (κ3) is 8.21. The Morgan fingerprint density at radius 3 is 2.83 bits per heavy atom. The predicted octanol–water partition coefficient (Wildman–Crippen LogP) is 1.24. The van der Waals surface area contributed by atoms with Crippen LogP contribution < -0.4 is 16.6 Å². The van der Waals surface area contributed by atoms with Gasteiger partial charge in [0.1, 0.15) is 30.7 Å². The molecular weight excluding hydrogens is 766 g/mol. The van der Waals surface area contributed by atoms with E-state index in [1.807, 2.05) is 30.0 Å². The fraction of sp³-hybridized carbons (Fsp3) is 0.440. The van der Waals surface area contributed by atoms with Crippen molar-refractivity contribution in [3.63, 3.8) is 0 Å². The fourth-order valence-corrected chi connectivity index (χ4v) is 5.10. The molecule has 0 saturated carbocycles.